The molecule has 2 aromatic rings. The molecule has 1 aromatic carbocycles. The molecule has 3 nitrogen and oxygen atoms in total. The zero-order chi connectivity index (χ0) is 22.5. The number of aryl methyl sites for hydroxylation is 1. The molecule has 0 N–H and O–H groups in total. The first kappa shape index (κ1) is 25.1. The van der Waals surface area contributed by atoms with Crippen LogP contribution in [0.15, 0.2) is 42.6 Å². The second-order valence-electron chi connectivity index (χ2n) is 9.29. The average Bonchev–Trinajstić information content (AvgIpc) is 2.77. The predicted octanol–water partition coefficient (Wildman–Crippen LogP) is 7.88. The molecule has 0 aliphatic heterocycles. The molecule has 0 spiro atoms. The molecular formula is C28H41NO2. The summed E-state index contributed by atoms with van der Waals surface area (Å²) in [4.78, 5) is 16.9. The van der Waals surface area contributed by atoms with Crippen LogP contribution in [0, 0.1) is 11.8 Å². The average molecular weight is 424 g/mol. The van der Waals surface area contributed by atoms with E-state index in [0.717, 1.165) is 30.0 Å². The van der Waals surface area contributed by atoms with E-state index in [4.69, 9.17) is 4.74 Å². The Hall–Kier alpha value is -2.16. The van der Waals surface area contributed by atoms with Gasteiger partial charge in [-0.05, 0) is 54.9 Å². The first-order valence-corrected chi connectivity index (χ1v) is 12.2. The SMILES string of the molecule is CCCCCCc1ccc(-c2ccc(C(=O)OCCC(C)CCCC(C)C)cc2)nc1. The smallest absolute Gasteiger partial charge is 0.338 e. The number of esters is 1. The van der Waals surface area contributed by atoms with Crippen molar-refractivity contribution in [2.75, 3.05) is 6.61 Å². The van der Waals surface area contributed by atoms with Crippen molar-refractivity contribution in [3.8, 4) is 11.3 Å². The van der Waals surface area contributed by atoms with Crippen molar-refractivity contribution >= 4 is 5.97 Å². The number of hydrogen-bond acceptors (Lipinski definition) is 3. The Balaban J connectivity index is 1.77. The topological polar surface area (TPSA) is 39.2 Å². The molecule has 0 fully saturated rings. The summed E-state index contributed by atoms with van der Waals surface area (Å²) in [6.45, 7) is 9.49. The standard InChI is InChI=1S/C28H41NO2/c1-5-6-7-8-12-24-13-18-27(29-21-24)25-14-16-26(17-15-25)28(30)31-20-19-23(4)11-9-10-22(2)3/h13-18,21-23H,5-12,19-20H2,1-4H3. The number of rotatable bonds is 14. The van der Waals surface area contributed by atoms with Crippen LogP contribution in [0.5, 0.6) is 0 Å². The number of hydrogen-bond donors (Lipinski definition) is 0. The minimum Gasteiger partial charge on any atom is -0.462 e. The molecule has 0 bridgehead atoms. The fourth-order valence-corrected chi connectivity index (χ4v) is 3.73. The summed E-state index contributed by atoms with van der Waals surface area (Å²) < 4.78 is 5.49. The van der Waals surface area contributed by atoms with E-state index >= 15 is 0 Å². The summed E-state index contributed by atoms with van der Waals surface area (Å²) >= 11 is 0. The van der Waals surface area contributed by atoms with Gasteiger partial charge in [0.1, 0.15) is 0 Å². The van der Waals surface area contributed by atoms with Gasteiger partial charge in [0.2, 0.25) is 0 Å². The van der Waals surface area contributed by atoms with Gasteiger partial charge in [0.25, 0.3) is 0 Å². The van der Waals surface area contributed by atoms with Gasteiger partial charge in [-0.25, -0.2) is 4.79 Å². The zero-order valence-corrected chi connectivity index (χ0v) is 20.0. The first-order valence-electron chi connectivity index (χ1n) is 12.2. The van der Waals surface area contributed by atoms with Crippen molar-refractivity contribution in [2.24, 2.45) is 11.8 Å². The van der Waals surface area contributed by atoms with Gasteiger partial charge in [-0.15, -0.1) is 0 Å². The Kier molecular flexibility index (Phi) is 11.3. The summed E-state index contributed by atoms with van der Waals surface area (Å²) in [5.41, 5.74) is 3.85. The lowest BCUT2D eigenvalue weighted by Gasteiger charge is -2.12. The number of carbonyl (C=O) groups excluding carboxylic acids is 1. The normalized spacial score (nSPS) is 12.2. The van der Waals surface area contributed by atoms with Gasteiger partial charge in [-0.3, -0.25) is 4.98 Å². The second-order valence-corrected chi connectivity index (χ2v) is 9.29. The third-order valence-corrected chi connectivity index (χ3v) is 5.88. The van der Waals surface area contributed by atoms with Gasteiger partial charge in [0.05, 0.1) is 17.9 Å². The van der Waals surface area contributed by atoms with Crippen LogP contribution in [0.4, 0.5) is 0 Å². The summed E-state index contributed by atoms with van der Waals surface area (Å²) in [6, 6.07) is 11.8. The van der Waals surface area contributed by atoms with Gasteiger partial charge in [0, 0.05) is 11.8 Å². The minimum absolute atomic E-state index is 0.240. The van der Waals surface area contributed by atoms with Gasteiger partial charge >= 0.3 is 5.97 Å². The van der Waals surface area contributed by atoms with Crippen LogP contribution in [-0.2, 0) is 11.2 Å². The number of nitrogens with zero attached hydrogens (tertiary/aromatic N) is 1. The molecule has 1 atom stereocenters. The maximum Gasteiger partial charge on any atom is 0.338 e. The molecule has 1 unspecified atom stereocenters. The van der Waals surface area contributed by atoms with E-state index in [1.165, 1.54) is 50.5 Å². The highest BCUT2D eigenvalue weighted by Crippen LogP contribution is 2.20. The Labute approximate surface area is 189 Å². The number of unbranched alkanes of at least 4 members (excludes halogenated alkanes) is 3. The van der Waals surface area contributed by atoms with Crippen molar-refractivity contribution in [1.29, 1.82) is 0 Å². The van der Waals surface area contributed by atoms with Crippen molar-refractivity contribution < 1.29 is 9.53 Å². The molecule has 0 amide bonds. The quantitative estimate of drug-likeness (QED) is 0.229. The highest BCUT2D eigenvalue weighted by molar-refractivity contribution is 5.90. The molecule has 2 rings (SSSR count). The van der Waals surface area contributed by atoms with E-state index in [1.807, 2.05) is 30.5 Å². The second kappa shape index (κ2) is 14.0. The van der Waals surface area contributed by atoms with Gasteiger partial charge < -0.3 is 4.74 Å². The lowest BCUT2D eigenvalue weighted by molar-refractivity contribution is 0.0483. The van der Waals surface area contributed by atoms with E-state index in [-0.39, 0.29) is 5.97 Å². The summed E-state index contributed by atoms with van der Waals surface area (Å²) in [5.74, 6) is 1.11. The molecule has 0 radical (unpaired) electrons. The number of aromatic nitrogens is 1. The number of benzene rings is 1. The molecule has 1 aromatic heterocycles. The molecule has 0 aliphatic carbocycles. The maximum atomic E-state index is 12.3. The van der Waals surface area contributed by atoms with E-state index < -0.39 is 0 Å². The zero-order valence-electron chi connectivity index (χ0n) is 20.0. The molecule has 0 saturated heterocycles. The molecule has 1 heterocycles. The van der Waals surface area contributed by atoms with E-state index in [2.05, 4.69) is 44.8 Å². The lowest BCUT2D eigenvalue weighted by Crippen LogP contribution is -2.09. The van der Waals surface area contributed by atoms with Crippen molar-refractivity contribution in [1.82, 2.24) is 4.98 Å². The van der Waals surface area contributed by atoms with Crippen molar-refractivity contribution in [3.05, 3.63) is 53.7 Å². The molecule has 170 valence electrons. The molecule has 0 saturated carbocycles. The van der Waals surface area contributed by atoms with Crippen LogP contribution < -0.4 is 0 Å². The third-order valence-electron chi connectivity index (χ3n) is 5.88. The summed E-state index contributed by atoms with van der Waals surface area (Å²) in [6.07, 6.45) is 12.8. The van der Waals surface area contributed by atoms with Crippen LogP contribution in [-0.4, -0.2) is 17.6 Å². The monoisotopic (exact) mass is 423 g/mol. The number of ether oxygens (including phenoxy) is 1. The van der Waals surface area contributed by atoms with E-state index in [1.54, 1.807) is 0 Å². The largest absolute Gasteiger partial charge is 0.462 e. The van der Waals surface area contributed by atoms with Gasteiger partial charge in [0.15, 0.2) is 0 Å². The third kappa shape index (κ3) is 9.67. The fraction of sp³-hybridized carbons (Fsp3) is 0.571. The molecular weight excluding hydrogens is 382 g/mol. The Morgan fingerprint density at radius 3 is 2.32 bits per heavy atom. The van der Waals surface area contributed by atoms with Crippen LogP contribution >= 0.6 is 0 Å². The fourth-order valence-electron chi connectivity index (χ4n) is 3.73. The van der Waals surface area contributed by atoms with E-state index in [0.29, 0.717) is 18.1 Å². The van der Waals surface area contributed by atoms with Gasteiger partial charge in [-0.1, -0.05) is 84.4 Å². The highest BCUT2D eigenvalue weighted by Gasteiger charge is 2.10. The predicted molar refractivity (Wildman–Crippen MR) is 130 cm³/mol. The minimum atomic E-state index is -0.240. The van der Waals surface area contributed by atoms with Crippen LogP contribution in [0.3, 0.4) is 0 Å². The van der Waals surface area contributed by atoms with Crippen LogP contribution in [0.2, 0.25) is 0 Å². The Morgan fingerprint density at radius 2 is 1.68 bits per heavy atom. The lowest BCUT2D eigenvalue weighted by atomic mass is 9.98. The van der Waals surface area contributed by atoms with E-state index in [9.17, 15) is 4.79 Å². The summed E-state index contributed by atoms with van der Waals surface area (Å²) in [5, 5.41) is 0. The maximum absolute atomic E-state index is 12.3. The Bertz CT molecular complexity index is 750. The molecule has 31 heavy (non-hydrogen) atoms. The van der Waals surface area contributed by atoms with Crippen LogP contribution in [0.1, 0.15) is 95.0 Å². The van der Waals surface area contributed by atoms with Crippen molar-refractivity contribution in [3.63, 3.8) is 0 Å². The van der Waals surface area contributed by atoms with Crippen molar-refractivity contribution in [2.45, 2.75) is 85.5 Å². The number of carbonyl (C=O) groups is 1. The summed E-state index contributed by atoms with van der Waals surface area (Å²) in [7, 11) is 0. The number of pyridine rings is 1. The Morgan fingerprint density at radius 1 is 0.903 bits per heavy atom. The van der Waals surface area contributed by atoms with Gasteiger partial charge in [-0.2, -0.15) is 0 Å². The van der Waals surface area contributed by atoms with Crippen LogP contribution in [0.25, 0.3) is 11.3 Å². The highest BCUT2D eigenvalue weighted by atomic mass is 16.5. The first-order chi connectivity index (χ1) is 15.0. The molecule has 3 heteroatoms. The molecule has 0 aliphatic rings.